The summed E-state index contributed by atoms with van der Waals surface area (Å²) < 4.78 is 35.6. The molecule has 6 nitrogen and oxygen atoms in total. The topological polar surface area (TPSA) is 85.1 Å². The lowest BCUT2D eigenvalue weighted by atomic mass is 10.1. The molecule has 1 aromatic carbocycles. The maximum absolute atomic E-state index is 13.4. The first-order valence-electron chi connectivity index (χ1n) is 5.54. The first kappa shape index (κ1) is 13.3. The molecule has 0 saturated heterocycles. The second-order valence-corrected chi connectivity index (χ2v) is 4.65. The number of carbonyl (C=O) groups is 1. The number of benzene rings is 1. The summed E-state index contributed by atoms with van der Waals surface area (Å²) in [7, 11) is 0. The summed E-state index contributed by atoms with van der Waals surface area (Å²) in [6, 6.07) is 1.49. The number of halogens is 2. The number of nitrogens with zero attached hydrogens (tertiary/aromatic N) is 3. The van der Waals surface area contributed by atoms with Gasteiger partial charge in [0.15, 0.2) is 17.5 Å². The number of carboxylic acids is 1. The molecule has 0 aliphatic rings. The quantitative estimate of drug-likeness (QED) is 0.780. The number of pyridine rings is 1. The maximum atomic E-state index is 13.4. The van der Waals surface area contributed by atoms with Crippen LogP contribution in [0, 0.1) is 11.6 Å². The minimum absolute atomic E-state index is 0.0107. The number of aromatic carboxylic acids is 1. The first-order valence-corrected chi connectivity index (χ1v) is 6.27. The normalized spacial score (nSPS) is 11.0. The molecular weight excluding hydrogens is 304 g/mol. The van der Waals surface area contributed by atoms with Crippen LogP contribution in [0.5, 0.6) is 0 Å². The van der Waals surface area contributed by atoms with Crippen LogP contribution in [0.1, 0.15) is 10.4 Å². The average molecular weight is 309 g/mol. The van der Waals surface area contributed by atoms with E-state index in [4.69, 9.17) is 5.11 Å². The van der Waals surface area contributed by atoms with E-state index in [2.05, 4.69) is 8.75 Å². The predicted molar refractivity (Wildman–Crippen MR) is 69.9 cm³/mol. The summed E-state index contributed by atoms with van der Waals surface area (Å²) in [6.07, 6.45) is 2.34. The Balaban J connectivity index is 2.51. The molecule has 9 heteroatoms. The zero-order valence-electron chi connectivity index (χ0n) is 10.1. The van der Waals surface area contributed by atoms with Gasteiger partial charge >= 0.3 is 5.97 Å². The highest BCUT2D eigenvalue weighted by atomic mass is 32.1. The van der Waals surface area contributed by atoms with Crippen LogP contribution in [0.2, 0.25) is 0 Å². The Bertz CT molecular complexity index is 922. The highest BCUT2D eigenvalue weighted by molar-refractivity contribution is 6.99. The summed E-state index contributed by atoms with van der Waals surface area (Å²) >= 11 is 0.855. The van der Waals surface area contributed by atoms with Crippen LogP contribution in [-0.4, -0.2) is 24.4 Å². The zero-order chi connectivity index (χ0) is 15.1. The number of hydrogen-bond donors (Lipinski definition) is 1. The summed E-state index contributed by atoms with van der Waals surface area (Å²) in [5, 5.41) is 8.81. The van der Waals surface area contributed by atoms with Gasteiger partial charge in [-0.05, 0) is 6.07 Å². The summed E-state index contributed by atoms with van der Waals surface area (Å²) in [5.74, 6) is -3.64. The molecule has 0 saturated carbocycles. The van der Waals surface area contributed by atoms with Gasteiger partial charge in [0.2, 0.25) is 5.43 Å². The molecule has 0 spiro atoms. The van der Waals surface area contributed by atoms with E-state index in [1.807, 2.05) is 0 Å². The third-order valence-corrected chi connectivity index (χ3v) is 3.34. The van der Waals surface area contributed by atoms with Crippen LogP contribution in [0.3, 0.4) is 0 Å². The molecule has 0 amide bonds. The lowest BCUT2D eigenvalue weighted by Gasteiger charge is -2.09. The van der Waals surface area contributed by atoms with Crippen molar-refractivity contribution in [1.29, 1.82) is 0 Å². The van der Waals surface area contributed by atoms with Gasteiger partial charge in [-0.3, -0.25) is 9.36 Å². The smallest absolute Gasteiger partial charge is 0.341 e. The monoisotopic (exact) mass is 309 g/mol. The van der Waals surface area contributed by atoms with Crippen molar-refractivity contribution >= 4 is 28.6 Å². The number of fused-ring (bicyclic) bond motifs is 1. The lowest BCUT2D eigenvalue weighted by Crippen LogP contribution is -2.19. The Hall–Kier alpha value is -2.68. The molecule has 2 aromatic heterocycles. The molecule has 0 radical (unpaired) electrons. The number of carboxylic acid groups (broad SMARTS) is 1. The standard InChI is InChI=1S/C12H5F2N3O3S/c13-7-1-5-9(2-8(7)14)17(10-3-15-21-16-10)4-6(11(5)18)12(19)20/h1-4H,(H,19,20). The van der Waals surface area contributed by atoms with E-state index >= 15 is 0 Å². The van der Waals surface area contributed by atoms with Gasteiger partial charge in [0.1, 0.15) is 5.56 Å². The molecule has 3 aromatic rings. The van der Waals surface area contributed by atoms with Crippen LogP contribution in [0.4, 0.5) is 8.78 Å². The molecule has 2 heterocycles. The van der Waals surface area contributed by atoms with Gasteiger partial charge in [0.05, 0.1) is 28.8 Å². The third kappa shape index (κ3) is 2.07. The maximum Gasteiger partial charge on any atom is 0.341 e. The Kier molecular flexibility index (Phi) is 2.98. The SMILES string of the molecule is O=C(O)c1cn(-c2cnsn2)c2cc(F)c(F)cc2c1=O. The van der Waals surface area contributed by atoms with Crippen molar-refractivity contribution in [3.63, 3.8) is 0 Å². The second-order valence-electron chi connectivity index (χ2n) is 4.10. The minimum Gasteiger partial charge on any atom is -0.477 e. The predicted octanol–water partition coefficient (Wildman–Crippen LogP) is 1.82. The van der Waals surface area contributed by atoms with Gasteiger partial charge in [0.25, 0.3) is 0 Å². The van der Waals surface area contributed by atoms with E-state index in [0.717, 1.165) is 24.0 Å². The average Bonchev–Trinajstić information content (AvgIpc) is 2.95. The van der Waals surface area contributed by atoms with E-state index < -0.39 is 28.6 Å². The van der Waals surface area contributed by atoms with Gasteiger partial charge in [-0.15, -0.1) is 0 Å². The van der Waals surface area contributed by atoms with Crippen molar-refractivity contribution < 1.29 is 18.7 Å². The molecule has 0 unspecified atom stereocenters. The summed E-state index contributed by atoms with van der Waals surface area (Å²) in [5.41, 5.74) is -1.45. The molecule has 0 atom stereocenters. The largest absolute Gasteiger partial charge is 0.477 e. The van der Waals surface area contributed by atoms with Crippen molar-refractivity contribution in [3.8, 4) is 5.82 Å². The van der Waals surface area contributed by atoms with Gasteiger partial charge in [-0.25, -0.2) is 13.6 Å². The third-order valence-electron chi connectivity index (χ3n) is 2.87. The summed E-state index contributed by atoms with van der Waals surface area (Å²) in [4.78, 5) is 23.2. The zero-order valence-corrected chi connectivity index (χ0v) is 10.9. The Morgan fingerprint density at radius 1 is 1.29 bits per heavy atom. The van der Waals surface area contributed by atoms with Gasteiger partial charge in [0, 0.05) is 12.3 Å². The van der Waals surface area contributed by atoms with E-state index in [0.29, 0.717) is 6.07 Å². The van der Waals surface area contributed by atoms with Gasteiger partial charge in [-0.1, -0.05) is 0 Å². The highest BCUT2D eigenvalue weighted by Crippen LogP contribution is 2.20. The number of aromatic nitrogens is 3. The van der Waals surface area contributed by atoms with Crippen LogP contribution < -0.4 is 5.43 Å². The van der Waals surface area contributed by atoms with Crippen molar-refractivity contribution in [3.05, 3.63) is 51.9 Å². The fraction of sp³-hybridized carbons (Fsp3) is 0. The number of hydrogen-bond acceptors (Lipinski definition) is 5. The van der Waals surface area contributed by atoms with Crippen molar-refractivity contribution in [2.45, 2.75) is 0 Å². The Labute approximate surface area is 119 Å². The molecule has 21 heavy (non-hydrogen) atoms. The Morgan fingerprint density at radius 3 is 2.62 bits per heavy atom. The summed E-state index contributed by atoms with van der Waals surface area (Å²) in [6.45, 7) is 0. The van der Waals surface area contributed by atoms with Crippen LogP contribution in [0.25, 0.3) is 16.7 Å². The van der Waals surface area contributed by atoms with Gasteiger partial charge < -0.3 is 5.11 Å². The molecule has 0 fully saturated rings. The van der Waals surface area contributed by atoms with E-state index in [-0.39, 0.29) is 16.7 Å². The molecule has 0 aliphatic heterocycles. The first-order chi connectivity index (χ1) is 9.99. The highest BCUT2D eigenvalue weighted by Gasteiger charge is 2.18. The van der Waals surface area contributed by atoms with Crippen LogP contribution >= 0.6 is 11.7 Å². The van der Waals surface area contributed by atoms with Crippen molar-refractivity contribution in [2.24, 2.45) is 0 Å². The second kappa shape index (κ2) is 4.70. The molecule has 0 bridgehead atoms. The molecular formula is C12H5F2N3O3S. The van der Waals surface area contributed by atoms with E-state index in [1.165, 1.54) is 10.8 Å². The molecule has 106 valence electrons. The number of rotatable bonds is 2. The van der Waals surface area contributed by atoms with Crippen molar-refractivity contribution in [1.82, 2.24) is 13.3 Å². The molecule has 3 rings (SSSR count). The molecule has 0 aliphatic carbocycles. The minimum atomic E-state index is -1.47. The molecule has 1 N–H and O–H groups in total. The fourth-order valence-electron chi connectivity index (χ4n) is 1.93. The van der Waals surface area contributed by atoms with E-state index in [1.54, 1.807) is 0 Å². The van der Waals surface area contributed by atoms with Crippen LogP contribution in [-0.2, 0) is 0 Å². The fourth-order valence-corrected chi connectivity index (χ4v) is 2.33. The Morgan fingerprint density at radius 2 is 2.00 bits per heavy atom. The van der Waals surface area contributed by atoms with Crippen molar-refractivity contribution in [2.75, 3.05) is 0 Å². The lowest BCUT2D eigenvalue weighted by molar-refractivity contribution is 0.0695. The van der Waals surface area contributed by atoms with Gasteiger partial charge in [-0.2, -0.15) is 8.75 Å². The van der Waals surface area contributed by atoms with E-state index in [9.17, 15) is 18.4 Å². The van der Waals surface area contributed by atoms with Crippen LogP contribution in [0.15, 0.2) is 29.3 Å².